The Labute approximate surface area is 76.6 Å². The van der Waals surface area contributed by atoms with E-state index in [4.69, 9.17) is 5.11 Å². The van der Waals surface area contributed by atoms with Crippen molar-refractivity contribution in [2.24, 2.45) is 10.4 Å². The summed E-state index contributed by atoms with van der Waals surface area (Å²) in [6.07, 6.45) is -4.83. The average Bonchev–Trinajstić information content (AvgIpc) is 2.06. The van der Waals surface area contributed by atoms with Gasteiger partial charge in [0, 0.05) is 5.28 Å². The first-order chi connectivity index (χ1) is 6.47. The molecule has 0 saturated heterocycles. The molecular formula is C7H5F3N2O2. The number of nitrogens with zero attached hydrogens (tertiary/aromatic N) is 2. The lowest BCUT2D eigenvalue weighted by atomic mass is 10.3. The SMILES string of the molecule is Oc1ccc(N=NOC(F)(F)F)cc1. The predicted molar refractivity (Wildman–Crippen MR) is 39.8 cm³/mol. The third-order valence-electron chi connectivity index (χ3n) is 1.15. The lowest BCUT2D eigenvalue weighted by molar-refractivity contribution is -0.329. The number of alkyl halides is 3. The molecule has 0 saturated carbocycles. The molecule has 0 aliphatic carbocycles. The smallest absolute Gasteiger partial charge is 0.508 e. The van der Waals surface area contributed by atoms with Crippen molar-refractivity contribution in [3.05, 3.63) is 24.3 Å². The van der Waals surface area contributed by atoms with Crippen LogP contribution in [0, 0.1) is 0 Å². The van der Waals surface area contributed by atoms with E-state index in [1.165, 1.54) is 24.3 Å². The number of hydrogen-bond acceptors (Lipinski definition) is 4. The maximum atomic E-state index is 11.4. The minimum Gasteiger partial charge on any atom is -0.508 e. The van der Waals surface area contributed by atoms with Crippen molar-refractivity contribution in [2.75, 3.05) is 0 Å². The molecule has 0 heterocycles. The summed E-state index contributed by atoms with van der Waals surface area (Å²) in [4.78, 5) is 3.06. The highest BCUT2D eigenvalue weighted by atomic mass is 19.4. The second kappa shape index (κ2) is 3.95. The van der Waals surface area contributed by atoms with Gasteiger partial charge in [0.05, 0.1) is 5.69 Å². The Hall–Kier alpha value is -1.79. The van der Waals surface area contributed by atoms with Gasteiger partial charge in [0.15, 0.2) is 0 Å². The molecule has 76 valence electrons. The second-order valence-electron chi connectivity index (χ2n) is 2.24. The highest BCUT2D eigenvalue weighted by Crippen LogP contribution is 2.20. The zero-order valence-electron chi connectivity index (χ0n) is 6.69. The molecule has 4 nitrogen and oxygen atoms in total. The standard InChI is InChI=1S/C7H5F3N2O2/c8-7(9,10)14-12-11-5-1-3-6(13)4-2-5/h1-4,13H. The van der Waals surface area contributed by atoms with Crippen LogP contribution in [0.4, 0.5) is 18.9 Å². The minimum absolute atomic E-state index is 0.0133. The fraction of sp³-hybridized carbons (Fsp3) is 0.143. The third kappa shape index (κ3) is 3.74. The van der Waals surface area contributed by atoms with Crippen LogP contribution in [0.5, 0.6) is 5.75 Å². The third-order valence-corrected chi connectivity index (χ3v) is 1.15. The Morgan fingerprint density at radius 2 is 1.71 bits per heavy atom. The molecule has 7 heteroatoms. The van der Waals surface area contributed by atoms with Gasteiger partial charge < -0.3 is 5.11 Å². The van der Waals surface area contributed by atoms with Crippen molar-refractivity contribution < 1.29 is 23.1 Å². The first-order valence-electron chi connectivity index (χ1n) is 3.42. The summed E-state index contributed by atoms with van der Waals surface area (Å²) in [6, 6.07) is 5.11. The summed E-state index contributed by atoms with van der Waals surface area (Å²) < 4.78 is 34.2. The summed E-state index contributed by atoms with van der Waals surface area (Å²) in [5.74, 6) is -0.0133. The summed E-state index contributed by atoms with van der Waals surface area (Å²) in [5, 5.41) is 14.4. The first kappa shape index (κ1) is 10.3. The molecule has 0 amide bonds. The molecule has 0 atom stereocenters. The quantitative estimate of drug-likeness (QED) is 0.597. The Bertz CT molecular complexity index is 321. The van der Waals surface area contributed by atoms with Gasteiger partial charge in [-0.1, -0.05) is 0 Å². The van der Waals surface area contributed by atoms with Crippen LogP contribution in [0.3, 0.4) is 0 Å². The van der Waals surface area contributed by atoms with Crippen molar-refractivity contribution in [3.8, 4) is 5.75 Å². The molecular weight excluding hydrogens is 201 g/mol. The second-order valence-corrected chi connectivity index (χ2v) is 2.24. The van der Waals surface area contributed by atoms with Crippen LogP contribution in [0.25, 0.3) is 0 Å². The molecule has 1 aromatic rings. The van der Waals surface area contributed by atoms with E-state index in [-0.39, 0.29) is 11.4 Å². The summed E-state index contributed by atoms with van der Waals surface area (Å²) in [6.45, 7) is 0. The van der Waals surface area contributed by atoms with Crippen LogP contribution in [0.15, 0.2) is 34.7 Å². The normalized spacial score (nSPS) is 11.9. The van der Waals surface area contributed by atoms with Gasteiger partial charge in [-0.05, 0) is 24.3 Å². The summed E-state index contributed by atoms with van der Waals surface area (Å²) in [5.41, 5.74) is 0.145. The maximum absolute atomic E-state index is 11.4. The monoisotopic (exact) mass is 206 g/mol. The average molecular weight is 206 g/mol. The number of halogens is 3. The van der Waals surface area contributed by atoms with Crippen molar-refractivity contribution in [1.29, 1.82) is 0 Å². The molecule has 0 unspecified atom stereocenters. The van der Waals surface area contributed by atoms with E-state index in [9.17, 15) is 13.2 Å². The molecule has 0 aliphatic rings. The zero-order valence-corrected chi connectivity index (χ0v) is 6.69. The van der Waals surface area contributed by atoms with E-state index in [0.29, 0.717) is 0 Å². The topological polar surface area (TPSA) is 54.2 Å². The molecule has 0 radical (unpaired) electrons. The number of aromatic hydroxyl groups is 1. The van der Waals surface area contributed by atoms with E-state index < -0.39 is 6.36 Å². The van der Waals surface area contributed by atoms with Crippen molar-refractivity contribution in [1.82, 2.24) is 0 Å². The minimum atomic E-state index is -4.83. The Kier molecular flexibility index (Phi) is 2.90. The molecule has 1 N–H and O–H groups in total. The van der Waals surface area contributed by atoms with Crippen molar-refractivity contribution in [3.63, 3.8) is 0 Å². The fourth-order valence-electron chi connectivity index (χ4n) is 0.633. The molecule has 1 aromatic carbocycles. The van der Waals surface area contributed by atoms with Gasteiger partial charge in [-0.15, -0.1) is 18.3 Å². The lowest BCUT2D eigenvalue weighted by Gasteiger charge is -1.99. The lowest BCUT2D eigenvalue weighted by Crippen LogP contribution is -2.07. The summed E-state index contributed by atoms with van der Waals surface area (Å²) in [7, 11) is 0. The predicted octanol–water partition coefficient (Wildman–Crippen LogP) is 2.93. The number of phenolic OH excluding ortho intramolecular Hbond substituents is 1. The van der Waals surface area contributed by atoms with Gasteiger partial charge >= 0.3 is 6.36 Å². The van der Waals surface area contributed by atoms with Crippen LogP contribution >= 0.6 is 0 Å². The molecule has 0 spiro atoms. The molecule has 0 bridgehead atoms. The van der Waals surface area contributed by atoms with E-state index in [1.54, 1.807) is 0 Å². The fourth-order valence-corrected chi connectivity index (χ4v) is 0.633. The largest absolute Gasteiger partial charge is 0.594 e. The van der Waals surface area contributed by atoms with Gasteiger partial charge in [0.2, 0.25) is 0 Å². The molecule has 0 fully saturated rings. The number of phenols is 1. The molecule has 0 aliphatic heterocycles. The zero-order chi connectivity index (χ0) is 10.6. The van der Waals surface area contributed by atoms with E-state index >= 15 is 0 Å². The van der Waals surface area contributed by atoms with Gasteiger partial charge in [-0.25, -0.2) is 0 Å². The van der Waals surface area contributed by atoms with Crippen molar-refractivity contribution >= 4 is 5.69 Å². The van der Waals surface area contributed by atoms with Gasteiger partial charge in [-0.3, -0.25) is 4.84 Å². The first-order valence-corrected chi connectivity index (χ1v) is 3.42. The van der Waals surface area contributed by atoms with Crippen molar-refractivity contribution in [2.45, 2.75) is 6.36 Å². The number of benzene rings is 1. The van der Waals surface area contributed by atoms with Crippen LogP contribution < -0.4 is 0 Å². The Morgan fingerprint density at radius 3 is 2.21 bits per heavy atom. The van der Waals surface area contributed by atoms with Crippen LogP contribution in [0.2, 0.25) is 0 Å². The van der Waals surface area contributed by atoms with Crippen LogP contribution in [0.1, 0.15) is 0 Å². The van der Waals surface area contributed by atoms with E-state index in [0.717, 1.165) is 0 Å². The van der Waals surface area contributed by atoms with Gasteiger partial charge in [-0.2, -0.15) is 0 Å². The number of hydrogen-bond donors (Lipinski definition) is 1. The Balaban J connectivity index is 2.57. The highest BCUT2D eigenvalue weighted by molar-refractivity contribution is 5.39. The Morgan fingerprint density at radius 1 is 1.14 bits per heavy atom. The number of rotatable bonds is 2. The molecule has 1 rings (SSSR count). The summed E-state index contributed by atoms with van der Waals surface area (Å²) >= 11 is 0. The van der Waals surface area contributed by atoms with E-state index in [1.807, 2.05) is 0 Å². The van der Waals surface area contributed by atoms with Crippen LogP contribution in [-0.2, 0) is 4.84 Å². The van der Waals surface area contributed by atoms with Gasteiger partial charge in [0.25, 0.3) is 0 Å². The molecule has 0 aromatic heterocycles. The van der Waals surface area contributed by atoms with Crippen LogP contribution in [-0.4, -0.2) is 11.5 Å². The molecule has 14 heavy (non-hydrogen) atoms. The van der Waals surface area contributed by atoms with E-state index in [2.05, 4.69) is 15.2 Å². The highest BCUT2D eigenvalue weighted by Gasteiger charge is 2.31. The maximum Gasteiger partial charge on any atom is 0.594 e. The van der Waals surface area contributed by atoms with Gasteiger partial charge in [0.1, 0.15) is 5.75 Å².